The average molecular weight is 1410 g/mol. The number of hydrogen-bond acceptors (Lipinski definition) is 18. The number of carbonyl (C=O) groups excluding carboxylic acids is 3. The molecule has 0 bridgehead atoms. The third-order valence-electron chi connectivity index (χ3n) is 22.5. The minimum absolute atomic E-state index is 0.0135. The number of allylic oxidation sites excluding steroid dienone is 2. The first kappa shape index (κ1) is 66.7. The largest absolute Gasteiger partial charge is 0.429 e. The van der Waals surface area contributed by atoms with Crippen molar-refractivity contribution >= 4 is 63.0 Å². The van der Waals surface area contributed by atoms with E-state index in [1.807, 2.05) is 19.1 Å². The Labute approximate surface area is 521 Å². The van der Waals surface area contributed by atoms with Crippen molar-refractivity contribution in [2.45, 2.75) is 241 Å². The van der Waals surface area contributed by atoms with Gasteiger partial charge in [0, 0.05) is 37.9 Å². The van der Waals surface area contributed by atoms with Crippen LogP contribution in [0.4, 0.5) is 0 Å². The van der Waals surface area contributed by atoms with E-state index in [4.69, 9.17) is 23.7 Å². The van der Waals surface area contributed by atoms with Crippen LogP contribution in [-0.4, -0.2) is 191 Å². The molecule has 3 heterocycles. The molecule has 1 aromatic rings. The van der Waals surface area contributed by atoms with E-state index in [0.29, 0.717) is 63.5 Å². The Kier molecular flexibility index (Phi) is 19.7. The number of benzene rings is 1. The lowest BCUT2D eigenvalue weighted by Gasteiger charge is -2.77. The summed E-state index contributed by atoms with van der Waals surface area (Å²) in [6.07, 6.45) is -10.9. The Morgan fingerprint density at radius 1 is 0.821 bits per heavy atom. The zero-order valence-corrected chi connectivity index (χ0v) is 54.2. The molecule has 16 unspecified atom stereocenters. The van der Waals surface area contributed by atoms with Crippen molar-refractivity contribution in [3.63, 3.8) is 0 Å². The van der Waals surface area contributed by atoms with Crippen LogP contribution >= 0.6 is 45.2 Å². The number of amides is 2. The van der Waals surface area contributed by atoms with E-state index in [9.17, 15) is 60.7 Å². The number of rotatable bonds is 18. The molecule has 0 radical (unpaired) electrons. The predicted octanol–water partition coefficient (Wildman–Crippen LogP) is 4.08. The fourth-order valence-electron chi connectivity index (χ4n) is 17.4. The number of aliphatic hydroxyl groups excluding tert-OH is 10. The van der Waals surface area contributed by atoms with Gasteiger partial charge < -0.3 is 85.4 Å². The maximum Gasteiger partial charge on any atom is 0.316 e. The molecule has 8 aliphatic rings. The third kappa shape index (κ3) is 11.4. The van der Waals surface area contributed by atoms with Gasteiger partial charge in [-0.25, -0.2) is 0 Å². The van der Waals surface area contributed by atoms with Gasteiger partial charge in [-0.2, -0.15) is 0 Å². The summed E-state index contributed by atoms with van der Waals surface area (Å²) in [6, 6.07) is 5.75. The molecular formula is C62H94I2N2O18. The maximum atomic E-state index is 16.2. The van der Waals surface area contributed by atoms with Gasteiger partial charge in [0.2, 0.25) is 11.7 Å². The first-order valence-corrected chi connectivity index (χ1v) is 32.9. The number of carbonyl (C=O) groups is 3. The standard InChI is InChI=1S/C62H94I2N2O18/c1-32-49(82-53-48(76)44(72)36(69)30-80-53)47(75)45(73)37(81-32)27-62(51(77)46(74)43(38(29-67)83-62)66-42(71)12-10-9-11-25-65-52(78)33-13-15-34(63)16-14-33)84-54(79)60(23-21-55(2,3)4)24-22-59(8)35(50(60)64)26-56(5)28-40-57(6)19-18-41(70)58(7,31-68)39(57)17-20-61(40,56)59/h13-16,26,32,36-41,43-51,53,67-70,72-77H,9-12,17-25,27-31H2,1-8H3,(H,65,78)(H,66,71)/t32?,36-,37+,38?,39?,40?,41+,43+,44?,45?,46?,47?,48?,49+,50?,51?,53+,56?,57?,58?,59?,60+,61?,62+/m1/s1. The lowest BCUT2D eigenvalue weighted by atomic mass is 9.27. The second-order valence-corrected chi connectivity index (χ2v) is 31.0. The highest BCUT2D eigenvalue weighted by molar-refractivity contribution is 14.1. The van der Waals surface area contributed by atoms with Gasteiger partial charge in [0.05, 0.1) is 49.6 Å². The van der Waals surface area contributed by atoms with E-state index in [0.717, 1.165) is 34.8 Å². The molecule has 1 aromatic carbocycles. The molecule has 2 amide bonds. The fraction of sp³-hybridized carbons (Fsp3) is 0.823. The minimum Gasteiger partial charge on any atom is -0.429 e. The molecule has 24 atom stereocenters. The Hall–Kier alpha value is -1.73. The topological polar surface area (TPSA) is 324 Å². The zero-order valence-electron chi connectivity index (χ0n) is 49.9. The summed E-state index contributed by atoms with van der Waals surface area (Å²) in [5.41, 5.74) is -1.36. The molecule has 3 saturated heterocycles. The normalized spacial score (nSPS) is 46.3. The number of fused-ring (bicyclic) bond motifs is 3. The summed E-state index contributed by atoms with van der Waals surface area (Å²) < 4.78 is 31.7. The van der Waals surface area contributed by atoms with Gasteiger partial charge in [0.15, 0.2) is 6.29 Å². The monoisotopic (exact) mass is 1410 g/mol. The SMILES string of the molecule is CC1O[C@@H](C[C@@]2(OC(=O)[C@@]3(CCC(C)(C)C)CCC4(C)C(=CC5(C)CC6C7(C)CC[C@H](O)C(C)(CO)C7CCC654)C3I)OC(CO)[C@H](NC(=O)CCCCCNC(=O)c3ccc(I)cc3)C(O)C2O)C(O)C(O)[C@H]1O[C@@H]1OC[C@@H](O)C(O)C1O. The Morgan fingerprint density at radius 3 is 2.19 bits per heavy atom. The van der Waals surface area contributed by atoms with Crippen molar-refractivity contribution in [3.05, 3.63) is 45.0 Å². The molecule has 20 nitrogen and oxygen atoms in total. The smallest absolute Gasteiger partial charge is 0.316 e. The number of esters is 1. The van der Waals surface area contributed by atoms with Crippen molar-refractivity contribution in [2.75, 3.05) is 26.4 Å². The van der Waals surface area contributed by atoms with Crippen molar-refractivity contribution in [1.82, 2.24) is 10.6 Å². The highest BCUT2D eigenvalue weighted by Gasteiger charge is 2.81. The van der Waals surface area contributed by atoms with Crippen LogP contribution in [0.25, 0.3) is 0 Å². The van der Waals surface area contributed by atoms with Crippen LogP contribution in [0.3, 0.4) is 0 Å². The van der Waals surface area contributed by atoms with E-state index in [2.05, 4.69) is 103 Å². The summed E-state index contributed by atoms with van der Waals surface area (Å²) in [7, 11) is 0. The summed E-state index contributed by atoms with van der Waals surface area (Å²) in [4.78, 5) is 42.5. The van der Waals surface area contributed by atoms with Gasteiger partial charge >= 0.3 is 5.97 Å². The van der Waals surface area contributed by atoms with E-state index < -0.39 is 138 Å². The third-order valence-corrected chi connectivity index (χ3v) is 25.0. The van der Waals surface area contributed by atoms with E-state index in [1.165, 1.54) is 6.92 Å². The summed E-state index contributed by atoms with van der Waals surface area (Å²) in [5, 5.41) is 119. The molecule has 9 rings (SSSR count). The van der Waals surface area contributed by atoms with Crippen LogP contribution in [0.2, 0.25) is 0 Å². The maximum absolute atomic E-state index is 16.2. The van der Waals surface area contributed by atoms with Gasteiger partial charge in [-0.15, -0.1) is 0 Å². The van der Waals surface area contributed by atoms with Gasteiger partial charge in [-0.1, -0.05) is 89.1 Å². The number of hydrogen-bond donors (Lipinski definition) is 12. The summed E-state index contributed by atoms with van der Waals surface area (Å²) in [6.45, 7) is 16.0. The number of ether oxygens (including phenoxy) is 5. The van der Waals surface area contributed by atoms with Crippen LogP contribution in [0.5, 0.6) is 0 Å². The highest BCUT2D eigenvalue weighted by Crippen LogP contribution is 2.86. The number of unbranched alkanes of at least 4 members (excludes halogenated alkanes) is 2. The number of nitrogens with one attached hydrogen (secondary N) is 2. The van der Waals surface area contributed by atoms with Crippen LogP contribution in [-0.2, 0) is 33.3 Å². The molecule has 5 aliphatic carbocycles. The molecule has 7 fully saturated rings. The number of aliphatic hydroxyl groups is 10. The van der Waals surface area contributed by atoms with Crippen LogP contribution in [0, 0.1) is 53.3 Å². The van der Waals surface area contributed by atoms with E-state index >= 15 is 4.79 Å². The number of alkyl halides is 1. The fourth-order valence-corrected chi connectivity index (χ4v) is 19.6. The Morgan fingerprint density at radius 2 is 1.52 bits per heavy atom. The summed E-state index contributed by atoms with van der Waals surface area (Å²) >= 11 is 4.59. The van der Waals surface area contributed by atoms with Gasteiger partial charge in [-0.05, 0) is 163 Å². The molecule has 1 spiro atoms. The van der Waals surface area contributed by atoms with Crippen molar-refractivity contribution in [1.29, 1.82) is 0 Å². The van der Waals surface area contributed by atoms with Gasteiger partial charge in [-0.3, -0.25) is 14.4 Å². The quantitative estimate of drug-likeness (QED) is 0.0324. The first-order valence-electron chi connectivity index (χ1n) is 30.5. The van der Waals surface area contributed by atoms with Crippen LogP contribution in [0.1, 0.15) is 156 Å². The second-order valence-electron chi connectivity index (χ2n) is 28.5. The molecular weight excluding hydrogens is 1310 g/mol. The van der Waals surface area contributed by atoms with Crippen molar-refractivity contribution in [3.8, 4) is 0 Å². The molecule has 3 aliphatic heterocycles. The molecule has 474 valence electrons. The van der Waals surface area contributed by atoms with Crippen molar-refractivity contribution < 1.29 is 89.1 Å². The van der Waals surface area contributed by atoms with Gasteiger partial charge in [0.25, 0.3) is 5.91 Å². The first-order chi connectivity index (χ1) is 39.3. The highest BCUT2D eigenvalue weighted by atomic mass is 127. The summed E-state index contributed by atoms with van der Waals surface area (Å²) in [5.74, 6) is -3.67. The lowest BCUT2D eigenvalue weighted by molar-refractivity contribution is -0.360. The Bertz CT molecular complexity index is 2580. The molecule has 0 aromatic heterocycles. The van der Waals surface area contributed by atoms with E-state index in [1.54, 1.807) is 12.1 Å². The number of halogens is 2. The van der Waals surface area contributed by atoms with Crippen molar-refractivity contribution in [2.24, 2.45) is 49.7 Å². The molecule has 84 heavy (non-hydrogen) atoms. The predicted molar refractivity (Wildman–Crippen MR) is 323 cm³/mol. The van der Waals surface area contributed by atoms with Gasteiger partial charge in [0.1, 0.15) is 54.9 Å². The minimum atomic E-state index is -2.60. The second kappa shape index (κ2) is 24.8. The Balaban J connectivity index is 0.986. The molecule has 22 heteroatoms. The zero-order chi connectivity index (χ0) is 61.5. The lowest BCUT2D eigenvalue weighted by Crippen LogP contribution is -2.73. The van der Waals surface area contributed by atoms with Crippen LogP contribution in [0.15, 0.2) is 35.9 Å². The molecule has 4 saturated carbocycles. The molecule has 12 N–H and O–H groups in total. The van der Waals surface area contributed by atoms with Crippen LogP contribution < -0.4 is 10.6 Å². The van der Waals surface area contributed by atoms with E-state index in [-0.39, 0.29) is 57.8 Å². The average Bonchev–Trinajstić information content (AvgIpc) is 1.45.